The molecule has 0 fully saturated rings. The highest BCUT2D eigenvalue weighted by Gasteiger charge is 2.13. The van der Waals surface area contributed by atoms with E-state index in [0.717, 1.165) is 50.3 Å². The molecule has 0 radical (unpaired) electrons. The van der Waals surface area contributed by atoms with Gasteiger partial charge in [0, 0.05) is 29.1 Å². The highest BCUT2D eigenvalue weighted by Crippen LogP contribution is 2.33. The number of pyridine rings is 1. The van der Waals surface area contributed by atoms with Crippen LogP contribution in [0.1, 0.15) is 0 Å². The van der Waals surface area contributed by atoms with Gasteiger partial charge in [0.1, 0.15) is 0 Å². The average Bonchev–Trinajstić information content (AvgIpc) is 3.09. The standard InChI is InChI=1S/C39H27N3/c1-3-10-28(11-4-1)31-14-7-17-34(24-31)37-27-38(35-18-8-15-32(25-35)29-12-5-2-6-13-29)42-39(41-37)36-19-9-16-33(26-36)30-20-22-40-23-21-30/h1-27H. The number of benzene rings is 5. The number of hydrogen-bond donors (Lipinski definition) is 0. The van der Waals surface area contributed by atoms with E-state index in [9.17, 15) is 0 Å². The molecule has 2 aromatic heterocycles. The molecule has 0 aliphatic carbocycles. The van der Waals surface area contributed by atoms with Gasteiger partial charge in [0.25, 0.3) is 0 Å². The lowest BCUT2D eigenvalue weighted by Crippen LogP contribution is -1.96. The van der Waals surface area contributed by atoms with Crippen LogP contribution >= 0.6 is 0 Å². The van der Waals surface area contributed by atoms with E-state index in [0.29, 0.717) is 5.82 Å². The molecular formula is C39H27N3. The van der Waals surface area contributed by atoms with Crippen molar-refractivity contribution >= 4 is 0 Å². The van der Waals surface area contributed by atoms with E-state index in [1.54, 1.807) is 0 Å². The third kappa shape index (κ3) is 5.36. The fourth-order valence-corrected chi connectivity index (χ4v) is 5.23. The molecule has 0 aliphatic heterocycles. The Morgan fingerprint density at radius 3 is 1.17 bits per heavy atom. The van der Waals surface area contributed by atoms with E-state index in [2.05, 4.69) is 132 Å². The van der Waals surface area contributed by atoms with Crippen LogP contribution in [0.3, 0.4) is 0 Å². The minimum Gasteiger partial charge on any atom is -0.265 e. The Labute approximate surface area is 245 Å². The van der Waals surface area contributed by atoms with E-state index in [-0.39, 0.29) is 0 Å². The predicted octanol–water partition coefficient (Wildman–Crippen LogP) is 9.87. The highest BCUT2D eigenvalue weighted by molar-refractivity contribution is 5.78. The van der Waals surface area contributed by atoms with Crippen molar-refractivity contribution in [2.24, 2.45) is 0 Å². The quantitative estimate of drug-likeness (QED) is 0.212. The molecule has 0 unspecified atom stereocenters. The Bertz CT molecular complexity index is 1720. The molecular weight excluding hydrogens is 510 g/mol. The second-order valence-electron chi connectivity index (χ2n) is 10.2. The average molecular weight is 538 g/mol. The van der Waals surface area contributed by atoms with Gasteiger partial charge in [0.2, 0.25) is 0 Å². The fourth-order valence-electron chi connectivity index (χ4n) is 5.23. The molecule has 0 N–H and O–H groups in total. The molecule has 0 atom stereocenters. The van der Waals surface area contributed by atoms with Crippen LogP contribution in [0, 0.1) is 0 Å². The van der Waals surface area contributed by atoms with Crippen molar-refractivity contribution in [3.63, 3.8) is 0 Å². The molecule has 0 amide bonds. The van der Waals surface area contributed by atoms with Gasteiger partial charge in [-0.1, -0.05) is 115 Å². The van der Waals surface area contributed by atoms with Gasteiger partial charge in [-0.15, -0.1) is 0 Å². The molecule has 42 heavy (non-hydrogen) atoms. The molecule has 0 saturated heterocycles. The van der Waals surface area contributed by atoms with Crippen LogP contribution in [-0.4, -0.2) is 15.0 Å². The Hall–Kier alpha value is -5.67. The smallest absolute Gasteiger partial charge is 0.160 e. The minimum absolute atomic E-state index is 0.689. The predicted molar refractivity (Wildman–Crippen MR) is 172 cm³/mol. The van der Waals surface area contributed by atoms with Crippen LogP contribution in [0.5, 0.6) is 0 Å². The van der Waals surface area contributed by atoms with Gasteiger partial charge in [-0.3, -0.25) is 4.98 Å². The zero-order chi connectivity index (χ0) is 28.1. The summed E-state index contributed by atoms with van der Waals surface area (Å²) < 4.78 is 0. The summed E-state index contributed by atoms with van der Waals surface area (Å²) in [6.07, 6.45) is 3.63. The third-order valence-electron chi connectivity index (χ3n) is 7.39. The van der Waals surface area contributed by atoms with Crippen LogP contribution in [0.2, 0.25) is 0 Å². The van der Waals surface area contributed by atoms with Crippen LogP contribution < -0.4 is 0 Å². The summed E-state index contributed by atoms with van der Waals surface area (Å²) in [6, 6.07) is 52.6. The second-order valence-corrected chi connectivity index (χ2v) is 10.2. The van der Waals surface area contributed by atoms with Gasteiger partial charge in [-0.25, -0.2) is 9.97 Å². The summed E-state index contributed by atoms with van der Waals surface area (Å²) in [5.41, 5.74) is 11.7. The number of aromatic nitrogens is 3. The Balaban J connectivity index is 1.38. The first-order valence-electron chi connectivity index (χ1n) is 14.0. The number of rotatable bonds is 6. The van der Waals surface area contributed by atoms with Gasteiger partial charge in [-0.05, 0) is 69.8 Å². The molecule has 7 rings (SSSR count). The van der Waals surface area contributed by atoms with Crippen molar-refractivity contribution in [1.82, 2.24) is 15.0 Å². The van der Waals surface area contributed by atoms with E-state index in [1.165, 1.54) is 11.1 Å². The Morgan fingerprint density at radius 2 is 0.667 bits per heavy atom. The number of hydrogen-bond acceptors (Lipinski definition) is 3. The molecule has 7 aromatic rings. The monoisotopic (exact) mass is 537 g/mol. The zero-order valence-electron chi connectivity index (χ0n) is 22.9. The lowest BCUT2D eigenvalue weighted by molar-refractivity contribution is 1.18. The maximum atomic E-state index is 5.13. The van der Waals surface area contributed by atoms with Crippen molar-refractivity contribution in [3.8, 4) is 67.3 Å². The SMILES string of the molecule is c1ccc(-c2cccc(-c3cc(-c4cccc(-c5ccccc5)c4)nc(-c4cccc(-c5ccncc5)c4)n3)c2)cc1. The molecule has 0 aliphatic rings. The zero-order valence-corrected chi connectivity index (χ0v) is 22.9. The van der Waals surface area contributed by atoms with E-state index >= 15 is 0 Å². The number of nitrogens with zero attached hydrogens (tertiary/aromatic N) is 3. The van der Waals surface area contributed by atoms with Crippen LogP contribution in [0.15, 0.2) is 164 Å². The largest absolute Gasteiger partial charge is 0.265 e. The van der Waals surface area contributed by atoms with Gasteiger partial charge in [0.15, 0.2) is 5.82 Å². The topological polar surface area (TPSA) is 38.7 Å². The van der Waals surface area contributed by atoms with E-state index < -0.39 is 0 Å². The van der Waals surface area contributed by atoms with Crippen LogP contribution in [-0.2, 0) is 0 Å². The summed E-state index contributed by atoms with van der Waals surface area (Å²) in [4.78, 5) is 14.4. The lowest BCUT2D eigenvalue weighted by Gasteiger charge is -2.12. The maximum Gasteiger partial charge on any atom is 0.160 e. The molecule has 2 heterocycles. The van der Waals surface area contributed by atoms with Gasteiger partial charge < -0.3 is 0 Å². The molecule has 3 nitrogen and oxygen atoms in total. The Kier molecular flexibility index (Phi) is 6.89. The van der Waals surface area contributed by atoms with Crippen molar-refractivity contribution in [3.05, 3.63) is 164 Å². The molecule has 5 aromatic carbocycles. The molecule has 0 bridgehead atoms. The maximum absolute atomic E-state index is 5.13. The summed E-state index contributed by atoms with van der Waals surface area (Å²) in [5, 5.41) is 0. The van der Waals surface area contributed by atoms with Crippen LogP contribution in [0.25, 0.3) is 67.3 Å². The first kappa shape index (κ1) is 25.3. The van der Waals surface area contributed by atoms with Crippen LogP contribution in [0.4, 0.5) is 0 Å². The van der Waals surface area contributed by atoms with Crippen molar-refractivity contribution in [1.29, 1.82) is 0 Å². The normalized spacial score (nSPS) is 10.9. The first-order chi connectivity index (χ1) is 20.8. The summed E-state index contributed by atoms with van der Waals surface area (Å²) in [7, 11) is 0. The Morgan fingerprint density at radius 1 is 0.286 bits per heavy atom. The summed E-state index contributed by atoms with van der Waals surface area (Å²) in [6.45, 7) is 0. The highest BCUT2D eigenvalue weighted by atomic mass is 14.9. The van der Waals surface area contributed by atoms with Gasteiger partial charge in [-0.2, -0.15) is 0 Å². The third-order valence-corrected chi connectivity index (χ3v) is 7.39. The van der Waals surface area contributed by atoms with Gasteiger partial charge in [0.05, 0.1) is 11.4 Å². The summed E-state index contributed by atoms with van der Waals surface area (Å²) in [5.74, 6) is 0.689. The van der Waals surface area contributed by atoms with E-state index in [1.807, 2.05) is 36.7 Å². The van der Waals surface area contributed by atoms with Gasteiger partial charge >= 0.3 is 0 Å². The van der Waals surface area contributed by atoms with E-state index in [4.69, 9.17) is 9.97 Å². The fraction of sp³-hybridized carbons (Fsp3) is 0. The molecule has 0 spiro atoms. The lowest BCUT2D eigenvalue weighted by atomic mass is 9.99. The molecule has 198 valence electrons. The summed E-state index contributed by atoms with van der Waals surface area (Å²) >= 11 is 0. The van der Waals surface area contributed by atoms with Crippen molar-refractivity contribution in [2.75, 3.05) is 0 Å². The molecule has 0 saturated carbocycles. The minimum atomic E-state index is 0.689. The second kappa shape index (κ2) is 11.4. The van der Waals surface area contributed by atoms with Crippen molar-refractivity contribution in [2.45, 2.75) is 0 Å². The van der Waals surface area contributed by atoms with Crippen molar-refractivity contribution < 1.29 is 0 Å². The first-order valence-corrected chi connectivity index (χ1v) is 14.0. The molecule has 3 heteroatoms.